The first-order chi connectivity index (χ1) is 14.3. The van der Waals surface area contributed by atoms with Crippen molar-refractivity contribution < 1.29 is 19.1 Å². The van der Waals surface area contributed by atoms with Crippen LogP contribution in [0.5, 0.6) is 11.5 Å². The van der Waals surface area contributed by atoms with Gasteiger partial charge in [-0.3, -0.25) is 9.59 Å². The van der Waals surface area contributed by atoms with E-state index in [0.29, 0.717) is 44.6 Å². The average Bonchev–Trinajstić information content (AvgIpc) is 2.73. The van der Waals surface area contributed by atoms with Gasteiger partial charge in [0.2, 0.25) is 0 Å². The summed E-state index contributed by atoms with van der Waals surface area (Å²) in [7, 11) is 3.05. The topological polar surface area (TPSA) is 67.9 Å². The van der Waals surface area contributed by atoms with E-state index in [1.165, 1.54) is 14.2 Å². The molecule has 30 heavy (non-hydrogen) atoms. The first kappa shape index (κ1) is 22.2. The van der Waals surface area contributed by atoms with E-state index in [1.807, 2.05) is 11.0 Å². The molecule has 160 valence electrons. The normalized spacial score (nSPS) is 18.6. The third-order valence-electron chi connectivity index (χ3n) is 5.27. The summed E-state index contributed by atoms with van der Waals surface area (Å²) in [6, 6.07) is 10.4. The first-order valence-electron chi connectivity index (χ1n) is 9.95. The second-order valence-corrected chi connectivity index (χ2v) is 8.64. The van der Waals surface area contributed by atoms with Crippen molar-refractivity contribution in [2.45, 2.75) is 20.3 Å². The fourth-order valence-corrected chi connectivity index (χ4v) is 4.53. The van der Waals surface area contributed by atoms with E-state index >= 15 is 0 Å². The van der Waals surface area contributed by atoms with Crippen LogP contribution in [-0.2, 0) is 0 Å². The molecule has 1 fully saturated rings. The third-order valence-corrected chi connectivity index (χ3v) is 6.05. The van der Waals surface area contributed by atoms with E-state index in [1.54, 1.807) is 30.3 Å². The molecule has 0 spiro atoms. The Labute approximate surface area is 185 Å². The summed E-state index contributed by atoms with van der Waals surface area (Å²) in [5.41, 5.74) is 1.34. The summed E-state index contributed by atoms with van der Waals surface area (Å²) in [4.78, 5) is 28.0. The molecule has 2 amide bonds. The summed E-state index contributed by atoms with van der Waals surface area (Å²) >= 11 is 3.40. The van der Waals surface area contributed by atoms with E-state index in [2.05, 4.69) is 35.1 Å². The van der Waals surface area contributed by atoms with Gasteiger partial charge in [0, 0.05) is 18.7 Å². The van der Waals surface area contributed by atoms with E-state index in [-0.39, 0.29) is 11.8 Å². The summed E-state index contributed by atoms with van der Waals surface area (Å²) < 4.78 is 11.3. The SMILES string of the molecule is COc1cc(C(=O)Nc2ccccc2C(=O)N2CC(C)CC(C)C2)cc(OC)c1Br. The highest BCUT2D eigenvalue weighted by molar-refractivity contribution is 9.10. The van der Waals surface area contributed by atoms with Gasteiger partial charge in [-0.25, -0.2) is 0 Å². The van der Waals surface area contributed by atoms with Crippen molar-refractivity contribution in [2.24, 2.45) is 11.8 Å². The van der Waals surface area contributed by atoms with Gasteiger partial charge in [-0.2, -0.15) is 0 Å². The van der Waals surface area contributed by atoms with Crippen molar-refractivity contribution in [3.8, 4) is 11.5 Å². The lowest BCUT2D eigenvalue weighted by atomic mass is 9.91. The van der Waals surface area contributed by atoms with E-state index in [4.69, 9.17) is 9.47 Å². The number of carbonyl (C=O) groups excluding carboxylic acids is 2. The lowest BCUT2D eigenvalue weighted by Crippen LogP contribution is -2.42. The second-order valence-electron chi connectivity index (χ2n) is 7.85. The Morgan fingerprint density at radius 3 is 2.17 bits per heavy atom. The molecule has 0 aromatic heterocycles. The number of ether oxygens (including phenoxy) is 2. The number of piperidine rings is 1. The quantitative estimate of drug-likeness (QED) is 0.673. The van der Waals surface area contributed by atoms with Gasteiger partial charge in [0.15, 0.2) is 0 Å². The fourth-order valence-electron chi connectivity index (χ4n) is 3.97. The zero-order chi connectivity index (χ0) is 21.8. The number of amides is 2. The van der Waals surface area contributed by atoms with Gasteiger partial charge in [-0.15, -0.1) is 0 Å². The molecule has 1 N–H and O–H groups in total. The minimum Gasteiger partial charge on any atom is -0.495 e. The van der Waals surface area contributed by atoms with Crippen LogP contribution < -0.4 is 14.8 Å². The number of carbonyl (C=O) groups is 2. The first-order valence-corrected chi connectivity index (χ1v) is 10.7. The van der Waals surface area contributed by atoms with Crippen LogP contribution in [0.25, 0.3) is 0 Å². The Morgan fingerprint density at radius 2 is 1.60 bits per heavy atom. The van der Waals surface area contributed by atoms with Crippen molar-refractivity contribution in [1.82, 2.24) is 4.90 Å². The molecular formula is C23H27BrN2O4. The predicted molar refractivity (Wildman–Crippen MR) is 120 cm³/mol. The zero-order valence-corrected chi connectivity index (χ0v) is 19.3. The van der Waals surface area contributed by atoms with Crippen LogP contribution >= 0.6 is 15.9 Å². The van der Waals surface area contributed by atoms with E-state index < -0.39 is 0 Å². The summed E-state index contributed by atoms with van der Waals surface area (Å²) in [6.45, 7) is 5.79. The highest BCUT2D eigenvalue weighted by Crippen LogP contribution is 2.36. The fraction of sp³-hybridized carbons (Fsp3) is 0.391. The molecule has 0 aliphatic carbocycles. The molecule has 2 aromatic rings. The summed E-state index contributed by atoms with van der Waals surface area (Å²) in [5, 5.41) is 2.88. The number of hydrogen-bond donors (Lipinski definition) is 1. The lowest BCUT2D eigenvalue weighted by molar-refractivity contribution is 0.0624. The van der Waals surface area contributed by atoms with Gasteiger partial charge in [-0.05, 0) is 58.5 Å². The summed E-state index contributed by atoms with van der Waals surface area (Å²) in [5.74, 6) is 1.49. The Kier molecular flexibility index (Phi) is 7.02. The molecule has 3 rings (SSSR count). The van der Waals surface area contributed by atoms with Crippen molar-refractivity contribution in [3.05, 3.63) is 52.0 Å². The maximum absolute atomic E-state index is 13.2. The highest BCUT2D eigenvalue weighted by Gasteiger charge is 2.27. The Balaban J connectivity index is 1.86. The number of nitrogens with one attached hydrogen (secondary N) is 1. The van der Waals surface area contributed by atoms with E-state index in [9.17, 15) is 9.59 Å². The Morgan fingerprint density at radius 1 is 1.03 bits per heavy atom. The Bertz CT molecular complexity index is 912. The molecule has 7 heteroatoms. The molecule has 0 radical (unpaired) electrons. The number of nitrogens with zero attached hydrogens (tertiary/aromatic N) is 1. The van der Waals surface area contributed by atoms with Crippen LogP contribution in [0, 0.1) is 11.8 Å². The zero-order valence-electron chi connectivity index (χ0n) is 17.7. The van der Waals surface area contributed by atoms with Gasteiger partial charge in [0.05, 0.1) is 25.5 Å². The van der Waals surface area contributed by atoms with Crippen molar-refractivity contribution >= 4 is 33.4 Å². The molecule has 0 bridgehead atoms. The minimum absolute atomic E-state index is 0.0599. The van der Waals surface area contributed by atoms with Crippen LogP contribution in [0.2, 0.25) is 0 Å². The molecule has 1 heterocycles. The number of hydrogen-bond acceptors (Lipinski definition) is 4. The number of likely N-dealkylation sites (tertiary alicyclic amines) is 1. The Hall–Kier alpha value is -2.54. The lowest BCUT2D eigenvalue weighted by Gasteiger charge is -2.35. The van der Waals surface area contributed by atoms with E-state index in [0.717, 1.165) is 19.5 Å². The number of para-hydroxylation sites is 1. The predicted octanol–water partition coefficient (Wildman–Crippen LogP) is 4.84. The van der Waals surface area contributed by atoms with Crippen molar-refractivity contribution in [2.75, 3.05) is 32.6 Å². The van der Waals surface area contributed by atoms with Gasteiger partial charge >= 0.3 is 0 Å². The molecule has 1 saturated heterocycles. The number of methoxy groups -OCH3 is 2. The molecule has 2 unspecified atom stereocenters. The molecule has 6 nitrogen and oxygen atoms in total. The van der Waals surface area contributed by atoms with Crippen LogP contribution in [0.15, 0.2) is 40.9 Å². The van der Waals surface area contributed by atoms with Crippen molar-refractivity contribution in [1.29, 1.82) is 0 Å². The van der Waals surface area contributed by atoms with Gasteiger partial charge in [-0.1, -0.05) is 26.0 Å². The number of anilines is 1. The standard InChI is InChI=1S/C23H27BrN2O4/c1-14-9-15(2)13-26(12-14)23(28)17-7-5-6-8-18(17)25-22(27)16-10-19(29-3)21(24)20(11-16)30-4/h5-8,10-11,14-15H,9,12-13H2,1-4H3,(H,25,27). The second kappa shape index (κ2) is 9.51. The van der Waals surface area contributed by atoms with Gasteiger partial charge < -0.3 is 19.7 Å². The number of halogens is 1. The van der Waals surface area contributed by atoms with Gasteiger partial charge in [0.25, 0.3) is 11.8 Å². The van der Waals surface area contributed by atoms with Crippen LogP contribution in [0.4, 0.5) is 5.69 Å². The van der Waals surface area contributed by atoms with Crippen LogP contribution in [-0.4, -0.2) is 44.0 Å². The largest absolute Gasteiger partial charge is 0.495 e. The third kappa shape index (κ3) is 4.78. The van der Waals surface area contributed by atoms with Crippen LogP contribution in [0.1, 0.15) is 41.0 Å². The molecule has 2 aromatic carbocycles. The maximum Gasteiger partial charge on any atom is 0.255 e. The minimum atomic E-state index is -0.347. The molecule has 2 atom stereocenters. The average molecular weight is 475 g/mol. The maximum atomic E-state index is 13.2. The van der Waals surface area contributed by atoms with Crippen LogP contribution in [0.3, 0.4) is 0 Å². The van der Waals surface area contributed by atoms with Gasteiger partial charge in [0.1, 0.15) is 16.0 Å². The molecular weight excluding hydrogens is 448 g/mol. The number of benzene rings is 2. The molecule has 1 aliphatic rings. The smallest absolute Gasteiger partial charge is 0.255 e. The molecule has 1 aliphatic heterocycles. The number of rotatable bonds is 5. The van der Waals surface area contributed by atoms with Crippen molar-refractivity contribution in [3.63, 3.8) is 0 Å². The molecule has 0 saturated carbocycles. The summed E-state index contributed by atoms with van der Waals surface area (Å²) in [6.07, 6.45) is 1.12. The highest BCUT2D eigenvalue weighted by atomic mass is 79.9. The monoisotopic (exact) mass is 474 g/mol.